The number of nitrogens with two attached hydrogens (primary N) is 1. The molecule has 2 aliphatic heterocycles. The summed E-state index contributed by atoms with van der Waals surface area (Å²) < 4.78 is 29.2. The van der Waals surface area contributed by atoms with E-state index in [0.29, 0.717) is 5.03 Å². The molecule has 0 amide bonds. The zero-order chi connectivity index (χ0) is 20.0. The van der Waals surface area contributed by atoms with Crippen LogP contribution in [0.4, 0.5) is 14.6 Å². The molecule has 1 fully saturated rings. The van der Waals surface area contributed by atoms with Gasteiger partial charge in [0.1, 0.15) is 22.5 Å². The van der Waals surface area contributed by atoms with E-state index in [4.69, 9.17) is 5.73 Å². The Morgan fingerprint density at radius 2 is 1.93 bits per heavy atom. The first kappa shape index (κ1) is 18.5. The van der Waals surface area contributed by atoms with Crippen molar-refractivity contribution in [3.63, 3.8) is 0 Å². The van der Waals surface area contributed by atoms with Crippen LogP contribution in [-0.4, -0.2) is 32.8 Å². The van der Waals surface area contributed by atoms with Crippen LogP contribution in [0.3, 0.4) is 0 Å². The van der Waals surface area contributed by atoms with Crippen LogP contribution in [0.25, 0.3) is 0 Å². The van der Waals surface area contributed by atoms with Crippen molar-refractivity contribution in [2.45, 2.75) is 35.3 Å². The molecule has 5 rings (SSSR count). The summed E-state index contributed by atoms with van der Waals surface area (Å²) in [5.74, 6) is -0.169. The van der Waals surface area contributed by atoms with Gasteiger partial charge < -0.3 is 10.6 Å². The summed E-state index contributed by atoms with van der Waals surface area (Å²) in [4.78, 5) is 11.3. The number of piperidine rings is 1. The molecule has 0 bridgehead atoms. The Balaban J connectivity index is 1.25. The normalized spacial score (nSPS) is 20.2. The van der Waals surface area contributed by atoms with Crippen LogP contribution in [-0.2, 0) is 6.54 Å². The maximum Gasteiger partial charge on any atom is 0.147 e. The average Bonchev–Trinajstić information content (AvgIpc) is 3.28. The van der Waals surface area contributed by atoms with E-state index in [9.17, 15) is 8.78 Å². The molecule has 2 N–H and O–H groups in total. The van der Waals surface area contributed by atoms with Gasteiger partial charge in [0, 0.05) is 31.2 Å². The summed E-state index contributed by atoms with van der Waals surface area (Å²) in [5, 5.41) is 4.90. The molecule has 3 aromatic rings. The van der Waals surface area contributed by atoms with Crippen molar-refractivity contribution in [1.82, 2.24) is 19.7 Å². The Morgan fingerprint density at radius 1 is 1.10 bits per heavy atom. The molecule has 6 nitrogen and oxygen atoms in total. The van der Waals surface area contributed by atoms with Gasteiger partial charge in [-0.2, -0.15) is 5.10 Å². The van der Waals surface area contributed by atoms with Crippen molar-refractivity contribution < 1.29 is 8.78 Å². The summed E-state index contributed by atoms with van der Waals surface area (Å²) in [6, 6.07) is 5.40. The van der Waals surface area contributed by atoms with Gasteiger partial charge in [-0.25, -0.2) is 18.7 Å². The number of benzene rings is 1. The van der Waals surface area contributed by atoms with Crippen LogP contribution in [0.15, 0.2) is 52.8 Å². The largest absolute Gasteiger partial charge is 0.355 e. The third-order valence-electron chi connectivity index (χ3n) is 6.00. The smallest absolute Gasteiger partial charge is 0.147 e. The number of nitrogens with zero attached hydrogens (tertiary/aromatic N) is 5. The van der Waals surface area contributed by atoms with E-state index in [1.54, 1.807) is 12.4 Å². The highest BCUT2D eigenvalue weighted by Gasteiger charge is 2.46. The second-order valence-electron chi connectivity index (χ2n) is 7.63. The highest BCUT2D eigenvalue weighted by molar-refractivity contribution is 7.99. The Bertz CT molecular complexity index is 1030. The second kappa shape index (κ2) is 7.07. The number of hydrogen-bond acceptors (Lipinski definition) is 6. The lowest BCUT2D eigenvalue weighted by Gasteiger charge is -2.41. The van der Waals surface area contributed by atoms with E-state index >= 15 is 0 Å². The average molecular weight is 414 g/mol. The van der Waals surface area contributed by atoms with Gasteiger partial charge >= 0.3 is 0 Å². The van der Waals surface area contributed by atoms with E-state index in [1.807, 2.05) is 16.9 Å². The van der Waals surface area contributed by atoms with Gasteiger partial charge in [0.15, 0.2) is 0 Å². The van der Waals surface area contributed by atoms with Crippen LogP contribution < -0.4 is 10.6 Å². The van der Waals surface area contributed by atoms with E-state index in [1.165, 1.54) is 0 Å². The lowest BCUT2D eigenvalue weighted by Crippen LogP contribution is -2.45. The Labute approximate surface area is 171 Å². The molecule has 1 spiro atoms. The Hall–Kier alpha value is -2.52. The molecule has 1 atom stereocenters. The van der Waals surface area contributed by atoms with Crippen LogP contribution >= 0.6 is 11.8 Å². The lowest BCUT2D eigenvalue weighted by molar-refractivity contribution is 0.170. The van der Waals surface area contributed by atoms with Crippen molar-refractivity contribution in [3.05, 3.63) is 60.2 Å². The van der Waals surface area contributed by atoms with Gasteiger partial charge in [0.2, 0.25) is 0 Å². The molecular weight excluding hydrogens is 394 g/mol. The SMILES string of the molecule is N[C@@H]1c2ccnn2CC12CCN(c1cnc(Sc3cc(F)ccc3F)cn1)CC2. The van der Waals surface area contributed by atoms with E-state index in [2.05, 4.69) is 20.0 Å². The molecule has 0 radical (unpaired) electrons. The first-order valence-corrected chi connectivity index (χ1v) is 10.3. The first-order valence-electron chi connectivity index (χ1n) is 9.51. The number of fused-ring (bicyclic) bond motifs is 1. The lowest BCUT2D eigenvalue weighted by atomic mass is 9.73. The minimum atomic E-state index is -0.479. The molecular formula is C20H20F2N6S. The summed E-state index contributed by atoms with van der Waals surface area (Å²) in [5.41, 5.74) is 7.70. The molecule has 1 aromatic carbocycles. The summed E-state index contributed by atoms with van der Waals surface area (Å²) in [6.07, 6.45) is 7.03. The van der Waals surface area contributed by atoms with Crippen LogP contribution in [0.1, 0.15) is 24.6 Å². The molecule has 29 heavy (non-hydrogen) atoms. The Kier molecular flexibility index (Phi) is 4.51. The molecule has 0 aliphatic carbocycles. The molecule has 2 aromatic heterocycles. The minimum Gasteiger partial charge on any atom is -0.355 e. The molecule has 9 heteroatoms. The molecule has 150 valence electrons. The van der Waals surface area contributed by atoms with Gasteiger partial charge in [-0.3, -0.25) is 4.68 Å². The standard InChI is InChI=1S/C20H20F2N6S/c21-13-1-2-14(22)16(9-13)29-18-11-24-17(10-25-18)27-7-4-20(5-8-27)12-28-15(19(20)23)3-6-26-28/h1-3,6,9-11,19H,4-5,7-8,12,23H2/t19-/m1/s1. The zero-order valence-electron chi connectivity index (χ0n) is 15.6. The summed E-state index contributed by atoms with van der Waals surface area (Å²) in [7, 11) is 0. The van der Waals surface area contributed by atoms with Crippen LogP contribution in [0.2, 0.25) is 0 Å². The fraction of sp³-hybridized carbons (Fsp3) is 0.350. The number of rotatable bonds is 3. The first-order chi connectivity index (χ1) is 14.0. The quantitative estimate of drug-likeness (QED) is 0.708. The molecule has 0 unspecified atom stereocenters. The van der Waals surface area contributed by atoms with Gasteiger partial charge in [-0.1, -0.05) is 11.8 Å². The predicted octanol–water partition coefficient (Wildman–Crippen LogP) is 3.40. The molecule has 0 saturated carbocycles. The number of aromatic nitrogens is 4. The zero-order valence-corrected chi connectivity index (χ0v) is 16.4. The molecule has 4 heterocycles. The minimum absolute atomic E-state index is 0.0122. The van der Waals surface area contributed by atoms with Gasteiger partial charge in [-0.15, -0.1) is 0 Å². The fourth-order valence-corrected chi connectivity index (χ4v) is 5.07. The van der Waals surface area contributed by atoms with Crippen molar-refractivity contribution >= 4 is 17.6 Å². The van der Waals surface area contributed by atoms with Gasteiger partial charge in [-0.05, 0) is 37.1 Å². The van der Waals surface area contributed by atoms with Crippen molar-refractivity contribution in [2.75, 3.05) is 18.0 Å². The van der Waals surface area contributed by atoms with Crippen LogP contribution in [0, 0.1) is 17.0 Å². The van der Waals surface area contributed by atoms with Crippen molar-refractivity contribution in [2.24, 2.45) is 11.1 Å². The maximum atomic E-state index is 13.8. The van der Waals surface area contributed by atoms with Crippen molar-refractivity contribution in [3.8, 4) is 0 Å². The highest BCUT2D eigenvalue weighted by atomic mass is 32.2. The molecule has 2 aliphatic rings. The third kappa shape index (κ3) is 3.28. The van der Waals surface area contributed by atoms with Gasteiger partial charge in [0.05, 0.1) is 29.0 Å². The Morgan fingerprint density at radius 3 is 2.66 bits per heavy atom. The fourth-order valence-electron chi connectivity index (χ4n) is 4.29. The third-order valence-corrected chi connectivity index (χ3v) is 6.95. The van der Waals surface area contributed by atoms with Gasteiger partial charge in [0.25, 0.3) is 0 Å². The highest BCUT2D eigenvalue weighted by Crippen LogP contribution is 2.47. The number of hydrogen-bond donors (Lipinski definition) is 1. The second-order valence-corrected chi connectivity index (χ2v) is 8.69. The molecule has 1 saturated heterocycles. The predicted molar refractivity (Wildman–Crippen MR) is 106 cm³/mol. The number of anilines is 1. The summed E-state index contributed by atoms with van der Waals surface area (Å²) in [6.45, 7) is 2.56. The van der Waals surface area contributed by atoms with E-state index in [0.717, 1.165) is 73.9 Å². The van der Waals surface area contributed by atoms with Crippen LogP contribution in [0.5, 0.6) is 0 Å². The number of halogens is 2. The maximum absolute atomic E-state index is 13.8. The van der Waals surface area contributed by atoms with E-state index in [-0.39, 0.29) is 16.4 Å². The van der Waals surface area contributed by atoms with E-state index < -0.39 is 11.6 Å². The summed E-state index contributed by atoms with van der Waals surface area (Å²) >= 11 is 1.06. The topological polar surface area (TPSA) is 72.9 Å². The monoisotopic (exact) mass is 414 g/mol. The van der Waals surface area contributed by atoms with Crippen molar-refractivity contribution in [1.29, 1.82) is 0 Å².